The predicted molar refractivity (Wildman–Crippen MR) is 80.3 cm³/mol. The van der Waals surface area contributed by atoms with E-state index in [-0.39, 0.29) is 11.9 Å². The van der Waals surface area contributed by atoms with Crippen LogP contribution in [-0.4, -0.2) is 37.0 Å². The van der Waals surface area contributed by atoms with Gasteiger partial charge < -0.3 is 15.4 Å². The number of methoxy groups -OCH3 is 1. The molecule has 1 heterocycles. The monoisotopic (exact) mass is 296 g/mol. The van der Waals surface area contributed by atoms with Crippen LogP contribution in [0.1, 0.15) is 30.1 Å². The second-order valence-electron chi connectivity index (χ2n) is 5.33. The van der Waals surface area contributed by atoms with Crippen LogP contribution in [0.5, 0.6) is 5.75 Å². The molecule has 2 rings (SSSR count). The van der Waals surface area contributed by atoms with E-state index in [0.717, 1.165) is 25.9 Å². The van der Waals surface area contributed by atoms with Crippen molar-refractivity contribution in [3.63, 3.8) is 0 Å². The van der Waals surface area contributed by atoms with Crippen molar-refractivity contribution in [2.75, 3.05) is 20.2 Å². The highest BCUT2D eigenvalue weighted by atomic mass is 35.5. The zero-order chi connectivity index (χ0) is 14.7. The maximum absolute atomic E-state index is 12.5. The normalized spacial score (nSPS) is 17.9. The fourth-order valence-corrected chi connectivity index (χ4v) is 2.80. The van der Waals surface area contributed by atoms with Crippen molar-refractivity contribution in [2.45, 2.75) is 25.8 Å². The van der Waals surface area contributed by atoms with E-state index < -0.39 is 0 Å². The van der Waals surface area contributed by atoms with Crippen LogP contribution in [0.4, 0.5) is 0 Å². The molecule has 1 fully saturated rings. The Morgan fingerprint density at radius 1 is 1.45 bits per heavy atom. The average molecular weight is 297 g/mol. The lowest BCUT2D eigenvalue weighted by Crippen LogP contribution is -2.42. The Kier molecular flexibility index (Phi) is 4.89. The zero-order valence-corrected chi connectivity index (χ0v) is 12.7. The number of hydrogen-bond donors (Lipinski definition) is 1. The van der Waals surface area contributed by atoms with Gasteiger partial charge in [0.05, 0.1) is 12.7 Å². The second kappa shape index (κ2) is 6.46. The van der Waals surface area contributed by atoms with Gasteiger partial charge in [-0.1, -0.05) is 11.6 Å². The molecule has 0 spiro atoms. The first-order valence-corrected chi connectivity index (χ1v) is 7.29. The molecule has 1 aromatic rings. The lowest BCUT2D eigenvalue weighted by molar-refractivity contribution is 0.0677. The van der Waals surface area contributed by atoms with Crippen molar-refractivity contribution in [3.05, 3.63) is 28.8 Å². The first-order valence-electron chi connectivity index (χ1n) is 6.91. The number of nitrogens with two attached hydrogens (primary N) is 1. The SMILES string of the molecule is COc1cc(Cl)ccc1C(=O)N1CCC(C(C)N)CC1. The van der Waals surface area contributed by atoms with Gasteiger partial charge in [-0.3, -0.25) is 4.79 Å². The Morgan fingerprint density at radius 3 is 2.65 bits per heavy atom. The number of carbonyl (C=O) groups excluding carboxylic acids is 1. The number of ether oxygens (including phenoxy) is 1. The Balaban J connectivity index is 2.09. The van der Waals surface area contributed by atoms with E-state index in [4.69, 9.17) is 22.1 Å². The van der Waals surface area contributed by atoms with Crippen molar-refractivity contribution in [3.8, 4) is 5.75 Å². The molecule has 5 heteroatoms. The van der Waals surface area contributed by atoms with Crippen molar-refractivity contribution < 1.29 is 9.53 Å². The predicted octanol–water partition coefficient (Wildman–Crippen LogP) is 2.55. The number of benzene rings is 1. The highest BCUT2D eigenvalue weighted by Gasteiger charge is 2.26. The molecule has 1 atom stereocenters. The number of amides is 1. The molecule has 20 heavy (non-hydrogen) atoms. The minimum Gasteiger partial charge on any atom is -0.496 e. The van der Waals surface area contributed by atoms with Gasteiger partial charge in [-0.25, -0.2) is 0 Å². The van der Waals surface area contributed by atoms with E-state index in [1.165, 1.54) is 0 Å². The fourth-order valence-electron chi connectivity index (χ4n) is 2.64. The molecular weight excluding hydrogens is 276 g/mol. The zero-order valence-electron chi connectivity index (χ0n) is 11.9. The van der Waals surface area contributed by atoms with Crippen LogP contribution in [0.2, 0.25) is 5.02 Å². The van der Waals surface area contributed by atoms with Crippen LogP contribution in [0, 0.1) is 5.92 Å². The number of rotatable bonds is 3. The van der Waals surface area contributed by atoms with Gasteiger partial charge in [0.25, 0.3) is 5.91 Å². The van der Waals surface area contributed by atoms with Crippen LogP contribution in [0.3, 0.4) is 0 Å². The van der Waals surface area contributed by atoms with E-state index in [1.807, 2.05) is 11.8 Å². The minimum atomic E-state index is 0.00152. The van der Waals surface area contributed by atoms with Gasteiger partial charge in [0.1, 0.15) is 5.75 Å². The van der Waals surface area contributed by atoms with Gasteiger partial charge in [-0.15, -0.1) is 0 Å². The number of hydrogen-bond acceptors (Lipinski definition) is 3. The summed E-state index contributed by atoms with van der Waals surface area (Å²) in [6.07, 6.45) is 1.92. The first kappa shape index (κ1) is 15.1. The summed E-state index contributed by atoms with van der Waals surface area (Å²) < 4.78 is 5.25. The number of piperidine rings is 1. The molecule has 1 aliphatic heterocycles. The number of likely N-dealkylation sites (tertiary alicyclic amines) is 1. The minimum absolute atomic E-state index is 0.00152. The molecule has 1 aliphatic rings. The summed E-state index contributed by atoms with van der Waals surface area (Å²) in [7, 11) is 1.55. The largest absolute Gasteiger partial charge is 0.496 e. The number of carbonyl (C=O) groups is 1. The molecule has 4 nitrogen and oxygen atoms in total. The van der Waals surface area contributed by atoms with Crippen molar-refractivity contribution in [2.24, 2.45) is 11.7 Å². The third kappa shape index (κ3) is 3.25. The lowest BCUT2D eigenvalue weighted by atomic mass is 9.90. The van der Waals surface area contributed by atoms with E-state index in [0.29, 0.717) is 22.3 Å². The Bertz CT molecular complexity index is 483. The summed E-state index contributed by atoms with van der Waals surface area (Å²) in [5, 5.41) is 0.564. The maximum Gasteiger partial charge on any atom is 0.257 e. The van der Waals surface area contributed by atoms with E-state index in [2.05, 4.69) is 0 Å². The molecule has 0 radical (unpaired) electrons. The van der Waals surface area contributed by atoms with E-state index in [1.54, 1.807) is 25.3 Å². The maximum atomic E-state index is 12.5. The van der Waals surface area contributed by atoms with Gasteiger partial charge in [0, 0.05) is 24.2 Å². The molecule has 0 bridgehead atoms. The highest BCUT2D eigenvalue weighted by Crippen LogP contribution is 2.27. The summed E-state index contributed by atoms with van der Waals surface area (Å²) in [5.74, 6) is 1.03. The topological polar surface area (TPSA) is 55.6 Å². The molecule has 110 valence electrons. The molecule has 2 N–H and O–H groups in total. The molecule has 0 saturated carbocycles. The smallest absolute Gasteiger partial charge is 0.257 e. The van der Waals surface area contributed by atoms with Gasteiger partial charge >= 0.3 is 0 Å². The summed E-state index contributed by atoms with van der Waals surface area (Å²) in [6.45, 7) is 3.53. The molecular formula is C15H21ClN2O2. The summed E-state index contributed by atoms with van der Waals surface area (Å²) in [6, 6.07) is 5.30. The van der Waals surface area contributed by atoms with Gasteiger partial charge in [0.2, 0.25) is 0 Å². The van der Waals surface area contributed by atoms with E-state index in [9.17, 15) is 4.79 Å². The summed E-state index contributed by atoms with van der Waals surface area (Å²) >= 11 is 5.92. The molecule has 1 amide bonds. The molecule has 0 aromatic heterocycles. The molecule has 1 saturated heterocycles. The van der Waals surface area contributed by atoms with Crippen molar-refractivity contribution in [1.82, 2.24) is 4.90 Å². The molecule has 0 aliphatic carbocycles. The van der Waals surface area contributed by atoms with Gasteiger partial charge in [-0.05, 0) is 43.9 Å². The van der Waals surface area contributed by atoms with Crippen LogP contribution in [0.15, 0.2) is 18.2 Å². The number of halogens is 1. The summed E-state index contributed by atoms with van der Waals surface area (Å²) in [5.41, 5.74) is 6.49. The van der Waals surface area contributed by atoms with E-state index >= 15 is 0 Å². The van der Waals surface area contributed by atoms with Crippen molar-refractivity contribution in [1.29, 1.82) is 0 Å². The van der Waals surface area contributed by atoms with Crippen molar-refractivity contribution >= 4 is 17.5 Å². The Labute approximate surface area is 124 Å². The van der Waals surface area contributed by atoms with Gasteiger partial charge in [0.15, 0.2) is 0 Å². The third-order valence-corrected chi connectivity index (χ3v) is 4.20. The average Bonchev–Trinajstić information content (AvgIpc) is 2.46. The highest BCUT2D eigenvalue weighted by molar-refractivity contribution is 6.30. The standard InChI is InChI=1S/C15H21ClN2O2/c1-10(17)11-5-7-18(8-6-11)15(19)13-4-3-12(16)9-14(13)20-2/h3-4,9-11H,5-8,17H2,1-2H3. The Morgan fingerprint density at radius 2 is 2.10 bits per heavy atom. The van der Waals surface area contributed by atoms with Crippen LogP contribution in [0.25, 0.3) is 0 Å². The lowest BCUT2D eigenvalue weighted by Gasteiger charge is -2.34. The van der Waals surface area contributed by atoms with Crippen LogP contribution in [-0.2, 0) is 0 Å². The van der Waals surface area contributed by atoms with Crippen LogP contribution < -0.4 is 10.5 Å². The Hall–Kier alpha value is -1.26. The quantitative estimate of drug-likeness (QED) is 0.932. The fraction of sp³-hybridized carbons (Fsp3) is 0.533. The van der Waals surface area contributed by atoms with Crippen LogP contribution >= 0.6 is 11.6 Å². The number of nitrogens with zero attached hydrogens (tertiary/aromatic N) is 1. The molecule has 1 unspecified atom stereocenters. The molecule has 1 aromatic carbocycles. The second-order valence-corrected chi connectivity index (χ2v) is 5.77. The van der Waals surface area contributed by atoms with Gasteiger partial charge in [-0.2, -0.15) is 0 Å². The first-order chi connectivity index (χ1) is 9.52. The summed E-state index contributed by atoms with van der Waals surface area (Å²) in [4.78, 5) is 14.4. The third-order valence-electron chi connectivity index (χ3n) is 3.96.